The first-order valence-corrected chi connectivity index (χ1v) is 7.63. The average molecular weight is 295 g/mol. The van der Waals surface area contributed by atoms with E-state index in [1.54, 1.807) is 12.3 Å². The average Bonchev–Trinajstić information content (AvgIpc) is 2.48. The number of hydrogen-bond acceptors (Lipinski definition) is 5. The van der Waals surface area contributed by atoms with Crippen molar-refractivity contribution >= 4 is 23.2 Å². The van der Waals surface area contributed by atoms with Gasteiger partial charge in [0.2, 0.25) is 5.95 Å². The largest absolute Gasteiger partial charge is 0.388 e. The van der Waals surface area contributed by atoms with E-state index in [0.717, 1.165) is 39.1 Å². The fourth-order valence-corrected chi connectivity index (χ4v) is 2.18. The molecule has 0 amide bonds. The summed E-state index contributed by atoms with van der Waals surface area (Å²) in [6.07, 6.45) is 2.81. The molecule has 1 rings (SSSR count). The molecule has 5 nitrogen and oxygen atoms in total. The van der Waals surface area contributed by atoms with Gasteiger partial charge in [0.15, 0.2) is 0 Å². The normalized spacial score (nSPS) is 10.8. The van der Waals surface area contributed by atoms with E-state index in [9.17, 15) is 0 Å². The van der Waals surface area contributed by atoms with Crippen LogP contribution in [-0.2, 0) is 0 Å². The van der Waals surface area contributed by atoms with Gasteiger partial charge in [0.1, 0.15) is 10.7 Å². The van der Waals surface area contributed by atoms with E-state index in [1.165, 1.54) is 0 Å². The van der Waals surface area contributed by atoms with Crippen molar-refractivity contribution < 1.29 is 0 Å². The second kappa shape index (κ2) is 8.81. The molecule has 0 saturated carbocycles. The molecule has 20 heavy (non-hydrogen) atoms. The zero-order valence-electron chi connectivity index (χ0n) is 12.7. The molecule has 1 heterocycles. The fourth-order valence-electron chi connectivity index (χ4n) is 2.06. The molecule has 0 aliphatic heterocycles. The predicted octanol–water partition coefficient (Wildman–Crippen LogP) is 1.67. The van der Waals surface area contributed by atoms with Gasteiger partial charge in [0, 0.05) is 19.3 Å². The highest BCUT2D eigenvalue weighted by Gasteiger charge is 2.09. The van der Waals surface area contributed by atoms with Crippen molar-refractivity contribution in [1.82, 2.24) is 14.9 Å². The number of aromatic nitrogens is 2. The lowest BCUT2D eigenvalue weighted by Crippen LogP contribution is -2.31. The number of nitrogens with zero attached hydrogens (tertiary/aromatic N) is 4. The Morgan fingerprint density at radius 1 is 1.20 bits per heavy atom. The third-order valence-corrected chi connectivity index (χ3v) is 3.57. The molecule has 112 valence electrons. The second-order valence-electron chi connectivity index (χ2n) is 4.57. The minimum absolute atomic E-state index is 0.313. The zero-order chi connectivity index (χ0) is 15.0. The molecule has 0 unspecified atom stereocenters. The maximum Gasteiger partial charge on any atom is 0.225 e. The van der Waals surface area contributed by atoms with E-state index in [1.807, 2.05) is 0 Å². The van der Waals surface area contributed by atoms with Crippen molar-refractivity contribution in [2.75, 3.05) is 37.6 Å². The number of thiocarbonyl (C=S) groups is 1. The Bertz CT molecular complexity index is 420. The summed E-state index contributed by atoms with van der Waals surface area (Å²) < 4.78 is 0. The van der Waals surface area contributed by atoms with Crippen LogP contribution in [0.25, 0.3) is 0 Å². The van der Waals surface area contributed by atoms with Crippen LogP contribution in [-0.4, -0.2) is 52.6 Å². The zero-order valence-corrected chi connectivity index (χ0v) is 13.5. The number of nitrogens with two attached hydrogens (primary N) is 1. The van der Waals surface area contributed by atoms with Gasteiger partial charge in [-0.1, -0.05) is 26.1 Å². The Balaban J connectivity index is 2.62. The van der Waals surface area contributed by atoms with Gasteiger partial charge >= 0.3 is 0 Å². The first-order chi connectivity index (χ1) is 9.62. The topological polar surface area (TPSA) is 58.3 Å². The van der Waals surface area contributed by atoms with E-state index >= 15 is 0 Å². The molecule has 0 atom stereocenters. The molecule has 0 aliphatic carbocycles. The third-order valence-electron chi connectivity index (χ3n) is 3.36. The summed E-state index contributed by atoms with van der Waals surface area (Å²) in [4.78, 5) is 13.6. The maximum atomic E-state index is 5.62. The molecule has 0 radical (unpaired) electrons. The first-order valence-electron chi connectivity index (χ1n) is 7.22. The van der Waals surface area contributed by atoms with Crippen LogP contribution in [0.4, 0.5) is 5.95 Å². The van der Waals surface area contributed by atoms with Gasteiger partial charge in [0.05, 0.1) is 0 Å². The Morgan fingerprint density at radius 3 is 2.45 bits per heavy atom. The van der Waals surface area contributed by atoms with Crippen molar-refractivity contribution in [3.8, 4) is 0 Å². The van der Waals surface area contributed by atoms with E-state index in [2.05, 4.69) is 40.5 Å². The molecule has 0 spiro atoms. The van der Waals surface area contributed by atoms with Crippen LogP contribution in [0.1, 0.15) is 32.9 Å². The lowest BCUT2D eigenvalue weighted by atomic mass is 10.3. The van der Waals surface area contributed by atoms with Crippen LogP contribution < -0.4 is 10.6 Å². The molecular weight excluding hydrogens is 270 g/mol. The summed E-state index contributed by atoms with van der Waals surface area (Å²) in [5, 5.41) is 0. The fraction of sp³-hybridized carbons (Fsp3) is 0.643. The van der Waals surface area contributed by atoms with Gasteiger partial charge in [-0.25, -0.2) is 9.97 Å². The van der Waals surface area contributed by atoms with Gasteiger partial charge < -0.3 is 15.5 Å². The second-order valence-corrected chi connectivity index (χ2v) is 5.01. The van der Waals surface area contributed by atoms with Crippen molar-refractivity contribution in [1.29, 1.82) is 0 Å². The van der Waals surface area contributed by atoms with E-state index < -0.39 is 0 Å². The molecule has 0 fully saturated rings. The van der Waals surface area contributed by atoms with Crippen molar-refractivity contribution in [3.63, 3.8) is 0 Å². The summed E-state index contributed by atoms with van der Waals surface area (Å²) in [5.74, 6) is 0.706. The Labute approximate surface area is 127 Å². The van der Waals surface area contributed by atoms with Crippen molar-refractivity contribution in [2.24, 2.45) is 5.73 Å². The molecule has 0 aromatic carbocycles. The Hall–Kier alpha value is -1.27. The number of hydrogen-bond donors (Lipinski definition) is 1. The van der Waals surface area contributed by atoms with Gasteiger partial charge in [0.25, 0.3) is 0 Å². The maximum absolute atomic E-state index is 5.62. The van der Waals surface area contributed by atoms with Crippen LogP contribution in [0.5, 0.6) is 0 Å². The molecule has 0 saturated heterocycles. The summed E-state index contributed by atoms with van der Waals surface area (Å²) >= 11 is 4.96. The molecule has 1 aromatic rings. The van der Waals surface area contributed by atoms with E-state index in [-0.39, 0.29) is 0 Å². The molecule has 2 N–H and O–H groups in total. The minimum atomic E-state index is 0.313. The molecule has 0 bridgehead atoms. The minimum Gasteiger partial charge on any atom is -0.388 e. The first kappa shape index (κ1) is 16.8. The van der Waals surface area contributed by atoms with Crippen LogP contribution in [0.3, 0.4) is 0 Å². The highest BCUT2D eigenvalue weighted by molar-refractivity contribution is 7.80. The van der Waals surface area contributed by atoms with Crippen LogP contribution in [0.15, 0.2) is 12.3 Å². The number of rotatable bonds is 9. The monoisotopic (exact) mass is 295 g/mol. The summed E-state index contributed by atoms with van der Waals surface area (Å²) in [5.41, 5.74) is 6.25. The van der Waals surface area contributed by atoms with Crippen LogP contribution >= 0.6 is 12.2 Å². The molecule has 1 aromatic heterocycles. The quantitative estimate of drug-likeness (QED) is 0.699. The van der Waals surface area contributed by atoms with E-state index in [4.69, 9.17) is 18.0 Å². The lowest BCUT2D eigenvalue weighted by molar-refractivity contribution is 0.300. The number of anilines is 1. The smallest absolute Gasteiger partial charge is 0.225 e. The van der Waals surface area contributed by atoms with Gasteiger partial charge in [-0.05, 0) is 39.0 Å². The molecular formula is C14H25N5S. The summed E-state index contributed by atoms with van der Waals surface area (Å²) in [6, 6.07) is 1.75. The Morgan fingerprint density at radius 2 is 1.90 bits per heavy atom. The molecule has 6 heteroatoms. The van der Waals surface area contributed by atoms with Gasteiger partial charge in [-0.2, -0.15) is 0 Å². The summed E-state index contributed by atoms with van der Waals surface area (Å²) in [6.45, 7) is 11.6. The Kier molecular flexibility index (Phi) is 7.40. The van der Waals surface area contributed by atoms with Crippen LogP contribution in [0, 0.1) is 0 Å². The lowest BCUT2D eigenvalue weighted by Gasteiger charge is -2.23. The highest BCUT2D eigenvalue weighted by Crippen LogP contribution is 2.08. The van der Waals surface area contributed by atoms with Crippen LogP contribution in [0.2, 0.25) is 0 Å². The molecule has 0 aliphatic rings. The third kappa shape index (κ3) is 5.02. The van der Waals surface area contributed by atoms with E-state index in [0.29, 0.717) is 16.6 Å². The summed E-state index contributed by atoms with van der Waals surface area (Å²) in [7, 11) is 0. The standard InChI is InChI=1S/C14H25N5S/c1-4-18(5-2)10-7-11-19(6-3)14-16-9-8-12(17-14)13(15)20/h8-9H,4-7,10-11H2,1-3H3,(H2,15,20). The van der Waals surface area contributed by atoms with Crippen molar-refractivity contribution in [2.45, 2.75) is 27.2 Å². The van der Waals surface area contributed by atoms with Crippen molar-refractivity contribution in [3.05, 3.63) is 18.0 Å². The van der Waals surface area contributed by atoms with Gasteiger partial charge in [-0.15, -0.1) is 0 Å². The predicted molar refractivity (Wildman–Crippen MR) is 88.2 cm³/mol. The highest BCUT2D eigenvalue weighted by atomic mass is 32.1. The van der Waals surface area contributed by atoms with Gasteiger partial charge in [-0.3, -0.25) is 0 Å². The SMILES string of the molecule is CCN(CC)CCCN(CC)c1nccc(C(N)=S)n1.